The molecule has 0 bridgehead atoms. The second-order valence-corrected chi connectivity index (χ2v) is 5.47. The van der Waals surface area contributed by atoms with Crippen LogP contribution in [0.15, 0.2) is 29.3 Å². The second kappa shape index (κ2) is 8.67. The summed E-state index contributed by atoms with van der Waals surface area (Å²) in [5.74, 6) is 0.888. The Hall–Kier alpha value is -1.55. The number of ether oxygens (including phenoxy) is 1. The summed E-state index contributed by atoms with van der Waals surface area (Å²) in [6.45, 7) is 7.63. The van der Waals surface area contributed by atoms with Crippen molar-refractivity contribution in [3.8, 4) is 0 Å². The van der Waals surface area contributed by atoms with Gasteiger partial charge in [-0.1, -0.05) is 24.3 Å². The van der Waals surface area contributed by atoms with Crippen LogP contribution >= 0.6 is 0 Å². The van der Waals surface area contributed by atoms with Gasteiger partial charge in [0.2, 0.25) is 0 Å². The molecular formula is C17H27N3O. The van der Waals surface area contributed by atoms with Crippen LogP contribution in [0.2, 0.25) is 0 Å². The van der Waals surface area contributed by atoms with Gasteiger partial charge in [-0.25, -0.2) is 4.99 Å². The van der Waals surface area contributed by atoms with Gasteiger partial charge in [0, 0.05) is 19.7 Å². The van der Waals surface area contributed by atoms with Crippen LogP contribution in [0.5, 0.6) is 0 Å². The number of hydrogen-bond acceptors (Lipinski definition) is 2. The molecule has 0 spiro atoms. The second-order valence-electron chi connectivity index (χ2n) is 5.47. The van der Waals surface area contributed by atoms with Gasteiger partial charge in [-0.15, -0.1) is 0 Å². The predicted molar refractivity (Wildman–Crippen MR) is 87.6 cm³/mol. The van der Waals surface area contributed by atoms with Crippen molar-refractivity contribution in [1.29, 1.82) is 0 Å². The van der Waals surface area contributed by atoms with E-state index >= 15 is 0 Å². The highest BCUT2D eigenvalue weighted by Gasteiger charge is 2.14. The molecule has 1 aromatic rings. The van der Waals surface area contributed by atoms with Crippen molar-refractivity contribution in [2.45, 2.75) is 45.8 Å². The minimum absolute atomic E-state index is 0.428. The van der Waals surface area contributed by atoms with E-state index in [1.165, 1.54) is 24.0 Å². The first-order valence-corrected chi connectivity index (χ1v) is 7.98. The zero-order valence-electron chi connectivity index (χ0n) is 13.2. The van der Waals surface area contributed by atoms with Crippen LogP contribution in [0.4, 0.5) is 0 Å². The topological polar surface area (TPSA) is 45.7 Å². The summed E-state index contributed by atoms with van der Waals surface area (Å²) in [5.41, 5.74) is 2.56. The first-order chi connectivity index (χ1) is 10.3. The van der Waals surface area contributed by atoms with Crippen molar-refractivity contribution >= 4 is 5.96 Å². The molecule has 0 amide bonds. The summed E-state index contributed by atoms with van der Waals surface area (Å²) in [5, 5.41) is 6.69. The fraction of sp³-hybridized carbons (Fsp3) is 0.588. The maximum absolute atomic E-state index is 5.64. The number of hydrogen-bond donors (Lipinski definition) is 2. The Labute approximate surface area is 128 Å². The van der Waals surface area contributed by atoms with Gasteiger partial charge >= 0.3 is 0 Å². The van der Waals surface area contributed by atoms with E-state index in [1.54, 1.807) is 0 Å². The van der Waals surface area contributed by atoms with Crippen molar-refractivity contribution in [2.75, 3.05) is 19.7 Å². The summed E-state index contributed by atoms with van der Waals surface area (Å²) in [6, 6.07) is 8.39. The number of aryl methyl sites for hydroxylation is 1. The van der Waals surface area contributed by atoms with Gasteiger partial charge in [-0.2, -0.15) is 0 Å². The Balaban J connectivity index is 1.82. The average Bonchev–Trinajstić information content (AvgIpc) is 2.99. The molecule has 21 heavy (non-hydrogen) atoms. The van der Waals surface area contributed by atoms with E-state index in [0.29, 0.717) is 12.6 Å². The lowest BCUT2D eigenvalue weighted by Gasteiger charge is -2.14. The molecule has 1 fully saturated rings. The van der Waals surface area contributed by atoms with Crippen LogP contribution in [-0.4, -0.2) is 31.8 Å². The normalized spacial score (nSPS) is 18.8. The van der Waals surface area contributed by atoms with E-state index in [4.69, 9.17) is 4.74 Å². The lowest BCUT2D eigenvalue weighted by molar-refractivity contribution is 0.105. The third-order valence-corrected chi connectivity index (χ3v) is 3.80. The van der Waals surface area contributed by atoms with E-state index in [2.05, 4.69) is 53.7 Å². The van der Waals surface area contributed by atoms with Gasteiger partial charge in [-0.05, 0) is 44.2 Å². The zero-order chi connectivity index (χ0) is 14.9. The largest absolute Gasteiger partial charge is 0.378 e. The van der Waals surface area contributed by atoms with Gasteiger partial charge in [-0.3, -0.25) is 0 Å². The molecule has 0 saturated carbocycles. The van der Waals surface area contributed by atoms with E-state index in [-0.39, 0.29) is 0 Å². The lowest BCUT2D eigenvalue weighted by atomic mass is 10.1. The molecule has 4 nitrogen and oxygen atoms in total. The standard InChI is InChI=1S/C17H27N3O/c1-3-18-17(19-11-10-16-9-6-12-21-16)20-13-15-8-5-4-7-14(15)2/h4-5,7-8,16H,3,6,9-13H2,1-2H3,(H2,18,19,20). The van der Waals surface area contributed by atoms with Crippen LogP contribution in [-0.2, 0) is 11.3 Å². The van der Waals surface area contributed by atoms with Gasteiger partial charge in [0.25, 0.3) is 0 Å². The summed E-state index contributed by atoms with van der Waals surface area (Å²) >= 11 is 0. The fourth-order valence-corrected chi connectivity index (χ4v) is 2.52. The molecule has 2 N–H and O–H groups in total. The maximum atomic E-state index is 5.64. The van der Waals surface area contributed by atoms with Crippen LogP contribution in [0.25, 0.3) is 0 Å². The van der Waals surface area contributed by atoms with E-state index < -0.39 is 0 Å². The number of aliphatic imine (C=N–C) groups is 1. The minimum atomic E-state index is 0.428. The highest BCUT2D eigenvalue weighted by atomic mass is 16.5. The summed E-state index contributed by atoms with van der Waals surface area (Å²) < 4.78 is 5.64. The molecule has 1 unspecified atom stereocenters. The molecule has 0 aliphatic carbocycles. The monoisotopic (exact) mass is 289 g/mol. The Bertz CT molecular complexity index is 453. The third-order valence-electron chi connectivity index (χ3n) is 3.80. The molecule has 4 heteroatoms. The zero-order valence-corrected chi connectivity index (χ0v) is 13.2. The van der Waals surface area contributed by atoms with E-state index in [0.717, 1.165) is 32.1 Å². The van der Waals surface area contributed by atoms with Gasteiger partial charge in [0.15, 0.2) is 5.96 Å². The fourth-order valence-electron chi connectivity index (χ4n) is 2.52. The summed E-state index contributed by atoms with van der Waals surface area (Å²) in [7, 11) is 0. The number of rotatable bonds is 6. The van der Waals surface area contributed by atoms with Crippen molar-refractivity contribution in [3.63, 3.8) is 0 Å². The Kier molecular flexibility index (Phi) is 6.54. The van der Waals surface area contributed by atoms with Crippen LogP contribution in [0.3, 0.4) is 0 Å². The molecule has 1 aliphatic rings. The molecular weight excluding hydrogens is 262 g/mol. The number of nitrogens with one attached hydrogen (secondary N) is 2. The van der Waals surface area contributed by atoms with E-state index in [1.807, 2.05) is 0 Å². The van der Waals surface area contributed by atoms with Crippen LogP contribution in [0, 0.1) is 6.92 Å². The van der Waals surface area contributed by atoms with Crippen molar-refractivity contribution < 1.29 is 4.74 Å². The first kappa shape index (κ1) is 15.8. The van der Waals surface area contributed by atoms with Gasteiger partial charge in [0.05, 0.1) is 12.6 Å². The highest BCUT2D eigenvalue weighted by Crippen LogP contribution is 2.14. The van der Waals surface area contributed by atoms with Crippen molar-refractivity contribution in [2.24, 2.45) is 4.99 Å². The molecule has 1 saturated heterocycles. The maximum Gasteiger partial charge on any atom is 0.191 e. The number of nitrogens with zero attached hydrogens (tertiary/aromatic N) is 1. The van der Waals surface area contributed by atoms with Gasteiger partial charge in [0.1, 0.15) is 0 Å². The van der Waals surface area contributed by atoms with Crippen LogP contribution < -0.4 is 10.6 Å². The quantitative estimate of drug-likeness (QED) is 0.625. The number of benzene rings is 1. The molecule has 1 heterocycles. The smallest absolute Gasteiger partial charge is 0.191 e. The van der Waals surface area contributed by atoms with Gasteiger partial charge < -0.3 is 15.4 Å². The Morgan fingerprint density at radius 1 is 1.33 bits per heavy atom. The molecule has 0 radical (unpaired) electrons. The number of guanidine groups is 1. The lowest BCUT2D eigenvalue weighted by Crippen LogP contribution is -2.38. The molecule has 1 atom stereocenters. The predicted octanol–water partition coefficient (Wildman–Crippen LogP) is 2.62. The molecule has 1 aromatic carbocycles. The minimum Gasteiger partial charge on any atom is -0.378 e. The highest BCUT2D eigenvalue weighted by molar-refractivity contribution is 5.79. The van der Waals surface area contributed by atoms with Crippen molar-refractivity contribution in [1.82, 2.24) is 10.6 Å². The Morgan fingerprint density at radius 2 is 2.19 bits per heavy atom. The van der Waals surface area contributed by atoms with Crippen molar-refractivity contribution in [3.05, 3.63) is 35.4 Å². The van der Waals surface area contributed by atoms with Crippen LogP contribution in [0.1, 0.15) is 37.3 Å². The Morgan fingerprint density at radius 3 is 2.90 bits per heavy atom. The summed E-state index contributed by atoms with van der Waals surface area (Å²) in [6.07, 6.45) is 3.87. The molecule has 116 valence electrons. The average molecular weight is 289 g/mol. The molecule has 1 aliphatic heterocycles. The van der Waals surface area contributed by atoms with E-state index in [9.17, 15) is 0 Å². The first-order valence-electron chi connectivity index (χ1n) is 7.98. The summed E-state index contributed by atoms with van der Waals surface area (Å²) in [4.78, 5) is 4.66. The molecule has 2 rings (SSSR count). The molecule has 0 aromatic heterocycles. The SMILES string of the molecule is CCNC(=NCc1ccccc1C)NCCC1CCCO1. The third kappa shape index (κ3) is 5.38.